The minimum atomic E-state index is -2.46. The number of Topliss-reactive ketones (excluding diaryl/α,β-unsaturated/α-hetero) is 1. The molecule has 0 aromatic carbocycles. The number of esters is 1. The Labute approximate surface area is 415 Å². The number of amides is 1. The molecule has 1 saturated carbocycles. The molecule has 13 heteroatoms. The van der Waals surface area contributed by atoms with Crippen LogP contribution >= 0.6 is 0 Å². The summed E-state index contributed by atoms with van der Waals surface area (Å²) in [6.07, 6.45) is 9.91. The van der Waals surface area contributed by atoms with E-state index in [9.17, 15) is 14.4 Å². The monoisotopic (exact) mass is 988 g/mol. The normalized spacial score (nSPS) is 34.0. The van der Waals surface area contributed by atoms with Crippen LogP contribution in [0.3, 0.4) is 0 Å². The summed E-state index contributed by atoms with van der Waals surface area (Å²) in [5, 5.41) is -0.0501. The van der Waals surface area contributed by atoms with Crippen molar-refractivity contribution in [3.8, 4) is 0 Å². The van der Waals surface area contributed by atoms with Gasteiger partial charge in [0.25, 0.3) is 0 Å². The Morgan fingerprint density at radius 2 is 1.37 bits per heavy atom. The van der Waals surface area contributed by atoms with E-state index in [0.29, 0.717) is 38.0 Å². The molecule has 0 aromatic heterocycles. The largest absolute Gasteiger partial charge is 0.489 e. The van der Waals surface area contributed by atoms with E-state index in [1.165, 1.54) is 0 Å². The third kappa shape index (κ3) is 15.0. The average molecular weight is 989 g/mol. The van der Waals surface area contributed by atoms with Gasteiger partial charge < -0.3 is 37.4 Å². The van der Waals surface area contributed by atoms with Crippen LogP contribution in [-0.2, 0) is 46.9 Å². The zero-order valence-electron chi connectivity index (χ0n) is 46.3. The van der Waals surface area contributed by atoms with Crippen molar-refractivity contribution >= 4 is 34.3 Å². The maximum atomic E-state index is 15.0. The summed E-state index contributed by atoms with van der Waals surface area (Å²) >= 11 is 0. The first-order valence-corrected chi connectivity index (χ1v) is 32.1. The number of carbonyl (C=O) groups excluding carboxylic acids is 3. The Morgan fingerprint density at radius 3 is 1.94 bits per heavy atom. The summed E-state index contributed by atoms with van der Waals surface area (Å²) < 4.78 is 46.2. The standard InChI is InChI=1S/C55H97NO10Si2/c1-20-41-28-35(2)27-36(3)29-48(61-14)52-49(62-15)31-37(4)45(63-52)34-50(58)56-26-22-21-23-42(56)53(59)64-51(39(6)46(33-43(41)57)66-68(18,19)55(10,11)12)38(5)30-40-24-25-44(47(32-40)60-13)65-67(16,17)54(7,8)9/h28,30,36,39-42,44,46-49,51-52H,20-27,29,31-34H2,1-19H3/b35-28+,38-30+/t36-,39+,40-,41+,42-,44+,46-,47+,48-,49-,51+,52+/m0/s1. The first kappa shape index (κ1) is 58.4. The number of allylic oxidation sites excluding steroid dienone is 3. The zero-order valence-corrected chi connectivity index (χ0v) is 48.3. The number of nitrogens with zero attached hydrogens (tertiary/aromatic N) is 1. The number of cyclic esters (lactones) is 1. The van der Waals surface area contributed by atoms with Crippen LogP contribution in [0.1, 0.15) is 160 Å². The number of piperidine rings is 1. The molecule has 3 aliphatic heterocycles. The van der Waals surface area contributed by atoms with Crippen LogP contribution in [0.15, 0.2) is 34.6 Å². The molecule has 11 nitrogen and oxygen atoms in total. The molecule has 390 valence electrons. The molecule has 2 bridgehead atoms. The summed E-state index contributed by atoms with van der Waals surface area (Å²) in [6, 6.07) is -0.757. The van der Waals surface area contributed by atoms with E-state index in [4.69, 9.17) is 32.5 Å². The highest BCUT2D eigenvalue weighted by Crippen LogP contribution is 2.43. The van der Waals surface area contributed by atoms with Gasteiger partial charge in [0.15, 0.2) is 22.7 Å². The highest BCUT2D eigenvalue weighted by atomic mass is 28.4. The van der Waals surface area contributed by atoms with Gasteiger partial charge in [-0.2, -0.15) is 0 Å². The summed E-state index contributed by atoms with van der Waals surface area (Å²) in [5.41, 5.74) is 3.05. The Kier molecular flexibility index (Phi) is 21.1. The first-order chi connectivity index (χ1) is 31.6. The molecule has 12 atom stereocenters. The fraction of sp³-hybridized carbons (Fsp3) is 0.836. The van der Waals surface area contributed by atoms with Crippen LogP contribution in [-0.4, -0.2) is 116 Å². The molecule has 0 aromatic rings. The van der Waals surface area contributed by atoms with Gasteiger partial charge in [0.2, 0.25) is 5.91 Å². The van der Waals surface area contributed by atoms with Gasteiger partial charge in [0.1, 0.15) is 29.8 Å². The Hall–Kier alpha value is -2.14. The highest BCUT2D eigenvalue weighted by molar-refractivity contribution is 6.74. The van der Waals surface area contributed by atoms with Gasteiger partial charge in [-0.25, -0.2) is 4.79 Å². The Morgan fingerprint density at radius 1 is 0.765 bits per heavy atom. The van der Waals surface area contributed by atoms with E-state index in [2.05, 4.69) is 115 Å². The smallest absolute Gasteiger partial charge is 0.329 e. The predicted molar refractivity (Wildman–Crippen MR) is 278 cm³/mol. The number of methoxy groups -OCH3 is 3. The van der Waals surface area contributed by atoms with E-state index >= 15 is 0 Å². The lowest BCUT2D eigenvalue weighted by Gasteiger charge is -2.44. The predicted octanol–water partition coefficient (Wildman–Crippen LogP) is 12.3. The summed E-state index contributed by atoms with van der Waals surface area (Å²) in [5.74, 6) is -0.110. The second-order valence-corrected chi connectivity index (χ2v) is 33.9. The lowest BCUT2D eigenvalue weighted by molar-refractivity contribution is -0.163. The molecule has 0 spiro atoms. The van der Waals surface area contributed by atoms with Gasteiger partial charge in [-0.05, 0) is 138 Å². The Bertz CT molecular complexity index is 1790. The minimum absolute atomic E-state index is 0.0136. The van der Waals surface area contributed by atoms with Crippen molar-refractivity contribution in [3.05, 3.63) is 34.6 Å². The van der Waals surface area contributed by atoms with Crippen molar-refractivity contribution in [2.24, 2.45) is 23.7 Å². The van der Waals surface area contributed by atoms with Gasteiger partial charge in [-0.1, -0.05) is 80.0 Å². The van der Waals surface area contributed by atoms with E-state index in [1.54, 1.807) is 26.2 Å². The number of carbonyl (C=O) groups is 3. The second kappa shape index (κ2) is 24.5. The molecule has 4 rings (SSSR count). The van der Waals surface area contributed by atoms with E-state index in [-0.39, 0.29) is 82.7 Å². The molecule has 1 saturated heterocycles. The van der Waals surface area contributed by atoms with Crippen LogP contribution < -0.4 is 0 Å². The maximum absolute atomic E-state index is 15.0. The number of fused-ring (bicyclic) bond motifs is 3. The first-order valence-electron chi connectivity index (χ1n) is 26.2. The molecule has 1 aliphatic carbocycles. The van der Waals surface area contributed by atoms with Gasteiger partial charge in [0, 0.05) is 52.6 Å². The molecule has 4 aliphatic rings. The molecule has 0 radical (unpaired) electrons. The van der Waals surface area contributed by atoms with Crippen molar-refractivity contribution in [3.63, 3.8) is 0 Å². The summed E-state index contributed by atoms with van der Waals surface area (Å²) in [6.45, 7) is 35.6. The van der Waals surface area contributed by atoms with E-state index in [0.717, 1.165) is 55.2 Å². The lowest BCUT2D eigenvalue weighted by atomic mass is 9.81. The quantitative estimate of drug-likeness (QED) is 0.119. The third-order valence-electron chi connectivity index (χ3n) is 16.9. The van der Waals surface area contributed by atoms with Gasteiger partial charge in [-0.3, -0.25) is 9.59 Å². The number of rotatable bonds is 10. The van der Waals surface area contributed by atoms with Gasteiger partial charge in [-0.15, -0.1) is 0 Å². The fourth-order valence-electron chi connectivity index (χ4n) is 10.5. The van der Waals surface area contributed by atoms with Crippen molar-refractivity contribution in [2.45, 2.75) is 245 Å². The third-order valence-corrected chi connectivity index (χ3v) is 25.9. The van der Waals surface area contributed by atoms with Crippen LogP contribution in [0.25, 0.3) is 0 Å². The summed E-state index contributed by atoms with van der Waals surface area (Å²) in [4.78, 5) is 46.1. The molecular weight excluding hydrogens is 891 g/mol. The van der Waals surface area contributed by atoms with Crippen LogP contribution in [0.4, 0.5) is 0 Å². The molecule has 1 amide bonds. The molecule has 0 unspecified atom stereocenters. The molecular formula is C55H97NO10Si2. The summed E-state index contributed by atoms with van der Waals surface area (Å²) in [7, 11) is 0.691. The number of hydrogen-bond acceptors (Lipinski definition) is 10. The van der Waals surface area contributed by atoms with Crippen LogP contribution in [0.5, 0.6) is 0 Å². The SMILES string of the molecule is CC[C@@H]1/C=C(\C)C[C@H](C)C[C@H](OC)[C@H]2OC(=C(C)C[C@@H]2OC)CC(=O)N2CCCC[C@H]2C(=O)O[C@H](/C(C)=C/[C@@H]2CC[C@@H](O[Si](C)(C)C(C)(C)C)[C@H](OC)C2)[C@H](C)[C@@H](O[Si](C)(C)C(C)(C)C)CC1=O. The molecule has 68 heavy (non-hydrogen) atoms. The second-order valence-electron chi connectivity index (χ2n) is 24.4. The lowest BCUT2D eigenvalue weighted by Crippen LogP contribution is -2.52. The highest BCUT2D eigenvalue weighted by Gasteiger charge is 2.46. The topological polar surface area (TPSA) is 119 Å². The van der Waals surface area contributed by atoms with Gasteiger partial charge >= 0.3 is 5.97 Å². The molecule has 2 fully saturated rings. The maximum Gasteiger partial charge on any atom is 0.329 e. The number of hydrogen-bond donors (Lipinski definition) is 0. The van der Waals surface area contributed by atoms with Crippen LogP contribution in [0, 0.1) is 23.7 Å². The van der Waals surface area contributed by atoms with Crippen molar-refractivity contribution in [2.75, 3.05) is 27.9 Å². The number of ketones is 1. The van der Waals surface area contributed by atoms with Crippen molar-refractivity contribution in [1.29, 1.82) is 0 Å². The number of ether oxygens (including phenoxy) is 5. The van der Waals surface area contributed by atoms with E-state index < -0.39 is 47.0 Å². The molecule has 0 N–H and O–H groups in total. The zero-order chi connectivity index (χ0) is 51.1. The van der Waals surface area contributed by atoms with Gasteiger partial charge in [0.05, 0.1) is 30.8 Å². The Balaban J connectivity index is 1.83. The van der Waals surface area contributed by atoms with Crippen LogP contribution in [0.2, 0.25) is 36.3 Å². The minimum Gasteiger partial charge on any atom is -0.489 e. The van der Waals surface area contributed by atoms with E-state index in [1.807, 2.05) is 6.92 Å². The fourth-order valence-corrected chi connectivity index (χ4v) is 13.3. The average Bonchev–Trinajstić information content (AvgIpc) is 3.25. The van der Waals surface area contributed by atoms with Crippen molar-refractivity contribution < 1.29 is 46.9 Å². The molecule has 3 heterocycles. The van der Waals surface area contributed by atoms with Crippen molar-refractivity contribution in [1.82, 2.24) is 4.90 Å².